The Kier molecular flexibility index (Phi) is 3.95. The van der Waals surface area contributed by atoms with Gasteiger partial charge in [0.2, 0.25) is 0 Å². The average Bonchev–Trinajstić information content (AvgIpc) is 2.57. The largest absolute Gasteiger partial charge is 0.322 e. The van der Waals surface area contributed by atoms with Crippen molar-refractivity contribution < 1.29 is 19.3 Å². The zero-order valence-corrected chi connectivity index (χ0v) is 11.2. The number of nitrogens with one attached hydrogen (secondary N) is 1. The standard InChI is InChI=1S/C14H21NO3/c1-9-7-13(17)15(14(9)18)8-11-3-5-12(6-4-11)10(2)16/h9,11-12H,3-8H2,1-2H3/p+1. The zero-order valence-electron chi connectivity index (χ0n) is 11.2. The number of carbonyl (C=O) groups is 3. The molecule has 2 rings (SSSR count). The first-order valence-electron chi connectivity index (χ1n) is 6.92. The summed E-state index contributed by atoms with van der Waals surface area (Å²) in [5, 5.41) is 0. The van der Waals surface area contributed by atoms with Crippen LogP contribution in [0.3, 0.4) is 0 Å². The van der Waals surface area contributed by atoms with Gasteiger partial charge in [-0.1, -0.05) is 0 Å². The summed E-state index contributed by atoms with van der Waals surface area (Å²) in [6.07, 6.45) is 4.19. The SMILES string of the molecule is CC(=O)C1CCC(C[NH+]2C(=O)CC(C)C2=O)CC1. The topological polar surface area (TPSA) is 55.6 Å². The Labute approximate surface area is 108 Å². The van der Waals surface area contributed by atoms with Gasteiger partial charge in [0.25, 0.3) is 0 Å². The lowest BCUT2D eigenvalue weighted by Gasteiger charge is -2.27. The molecule has 2 fully saturated rings. The van der Waals surface area contributed by atoms with Crippen molar-refractivity contribution in [2.24, 2.45) is 17.8 Å². The van der Waals surface area contributed by atoms with E-state index in [0.717, 1.165) is 25.7 Å². The van der Waals surface area contributed by atoms with Gasteiger partial charge in [0.15, 0.2) is 0 Å². The van der Waals surface area contributed by atoms with Gasteiger partial charge in [0, 0.05) is 11.8 Å². The normalized spacial score (nSPS) is 37.0. The molecule has 0 radical (unpaired) electrons. The van der Waals surface area contributed by atoms with Gasteiger partial charge in [-0.3, -0.25) is 4.79 Å². The van der Waals surface area contributed by atoms with Crippen molar-refractivity contribution >= 4 is 17.6 Å². The molecular weight excluding hydrogens is 230 g/mol. The van der Waals surface area contributed by atoms with Crippen molar-refractivity contribution in [3.05, 3.63) is 0 Å². The summed E-state index contributed by atoms with van der Waals surface area (Å²) in [7, 11) is 0. The summed E-state index contributed by atoms with van der Waals surface area (Å²) in [4.78, 5) is 35.4. The molecule has 18 heavy (non-hydrogen) atoms. The fourth-order valence-electron chi connectivity index (χ4n) is 3.21. The second-order valence-electron chi connectivity index (χ2n) is 5.90. The Morgan fingerprint density at radius 3 is 2.28 bits per heavy atom. The second kappa shape index (κ2) is 5.31. The van der Waals surface area contributed by atoms with Crippen LogP contribution >= 0.6 is 0 Å². The molecule has 1 saturated heterocycles. The van der Waals surface area contributed by atoms with Gasteiger partial charge in [0.05, 0.1) is 18.9 Å². The molecular formula is C14H22NO3+. The second-order valence-corrected chi connectivity index (χ2v) is 5.90. The van der Waals surface area contributed by atoms with Crippen molar-refractivity contribution in [1.82, 2.24) is 0 Å². The summed E-state index contributed by atoms with van der Waals surface area (Å²) in [6, 6.07) is 0. The van der Waals surface area contributed by atoms with Crippen LogP contribution in [0.15, 0.2) is 0 Å². The van der Waals surface area contributed by atoms with Gasteiger partial charge in [-0.15, -0.1) is 0 Å². The maximum atomic E-state index is 11.8. The van der Waals surface area contributed by atoms with Crippen molar-refractivity contribution in [3.63, 3.8) is 0 Å². The number of carbonyl (C=O) groups excluding carboxylic acids is 3. The molecule has 4 heteroatoms. The number of likely N-dealkylation sites (tertiary alicyclic amines) is 1. The maximum Gasteiger partial charge on any atom is 0.322 e. The van der Waals surface area contributed by atoms with Gasteiger partial charge in [-0.25, -0.2) is 14.5 Å². The number of imide groups is 1. The third-order valence-corrected chi connectivity index (χ3v) is 4.49. The number of hydrogen-bond acceptors (Lipinski definition) is 3. The van der Waals surface area contributed by atoms with Crippen molar-refractivity contribution in [2.45, 2.75) is 46.0 Å². The summed E-state index contributed by atoms with van der Waals surface area (Å²) >= 11 is 0. The summed E-state index contributed by atoms with van der Waals surface area (Å²) in [6.45, 7) is 4.14. The van der Waals surface area contributed by atoms with Crippen LogP contribution in [0, 0.1) is 17.8 Å². The quantitative estimate of drug-likeness (QED) is 0.738. The van der Waals surface area contributed by atoms with E-state index < -0.39 is 0 Å². The Bertz CT molecular complexity index is 369. The van der Waals surface area contributed by atoms with Gasteiger partial charge in [-0.05, 0) is 39.5 Å². The van der Waals surface area contributed by atoms with Crippen LogP contribution in [0.1, 0.15) is 46.0 Å². The van der Waals surface area contributed by atoms with E-state index in [1.165, 1.54) is 0 Å². The fraction of sp³-hybridized carbons (Fsp3) is 0.786. The molecule has 1 aliphatic carbocycles. The van der Waals surface area contributed by atoms with E-state index in [1.807, 2.05) is 6.92 Å². The van der Waals surface area contributed by atoms with Crippen LogP contribution in [0.5, 0.6) is 0 Å². The van der Waals surface area contributed by atoms with Crippen molar-refractivity contribution in [2.75, 3.05) is 6.54 Å². The highest BCUT2D eigenvalue weighted by Crippen LogP contribution is 2.28. The fourth-order valence-corrected chi connectivity index (χ4v) is 3.21. The molecule has 2 aliphatic rings. The van der Waals surface area contributed by atoms with Crippen molar-refractivity contribution in [1.29, 1.82) is 0 Å². The number of rotatable bonds is 3. The molecule has 0 bridgehead atoms. The average molecular weight is 252 g/mol. The molecule has 0 aromatic carbocycles. The molecule has 1 heterocycles. The molecule has 2 unspecified atom stereocenters. The van der Waals surface area contributed by atoms with Crippen LogP contribution in [0.2, 0.25) is 0 Å². The Hall–Kier alpha value is -1.03. The Morgan fingerprint density at radius 2 is 1.83 bits per heavy atom. The van der Waals surface area contributed by atoms with E-state index in [-0.39, 0.29) is 29.4 Å². The minimum atomic E-state index is -0.110. The first-order valence-corrected chi connectivity index (χ1v) is 6.92. The number of hydrogen-bond donors (Lipinski definition) is 1. The van der Waals surface area contributed by atoms with Gasteiger partial charge < -0.3 is 0 Å². The highest BCUT2D eigenvalue weighted by atomic mass is 16.2. The lowest BCUT2D eigenvalue weighted by molar-refractivity contribution is -0.738. The van der Waals surface area contributed by atoms with E-state index in [2.05, 4.69) is 0 Å². The molecule has 100 valence electrons. The summed E-state index contributed by atoms with van der Waals surface area (Å²) in [5.74, 6) is 0.924. The predicted molar refractivity (Wildman–Crippen MR) is 65.8 cm³/mol. The zero-order chi connectivity index (χ0) is 13.3. The van der Waals surface area contributed by atoms with Crippen LogP contribution < -0.4 is 4.90 Å². The minimum absolute atomic E-state index is 0.0567. The molecule has 2 atom stereocenters. The van der Waals surface area contributed by atoms with Gasteiger partial charge in [-0.2, -0.15) is 0 Å². The molecule has 2 amide bonds. The molecule has 0 aromatic rings. The van der Waals surface area contributed by atoms with Gasteiger partial charge >= 0.3 is 11.8 Å². The first kappa shape index (κ1) is 13.4. The molecule has 1 aliphatic heterocycles. The molecule has 4 nitrogen and oxygen atoms in total. The molecule has 0 aromatic heterocycles. The summed E-state index contributed by atoms with van der Waals surface area (Å²) < 4.78 is 0. The molecule has 0 spiro atoms. The molecule has 1 N–H and O–H groups in total. The third-order valence-electron chi connectivity index (χ3n) is 4.49. The van der Waals surface area contributed by atoms with E-state index in [4.69, 9.17) is 0 Å². The van der Waals surface area contributed by atoms with Crippen LogP contribution in [-0.4, -0.2) is 24.1 Å². The minimum Gasteiger partial charge on any atom is -0.300 e. The number of ketones is 1. The maximum absolute atomic E-state index is 11.8. The van der Waals surface area contributed by atoms with E-state index in [0.29, 0.717) is 23.8 Å². The number of quaternary nitrogens is 1. The lowest BCUT2D eigenvalue weighted by atomic mass is 9.80. The van der Waals surface area contributed by atoms with E-state index in [9.17, 15) is 14.4 Å². The summed E-state index contributed by atoms with van der Waals surface area (Å²) in [5.41, 5.74) is 0. The molecule has 1 saturated carbocycles. The van der Waals surface area contributed by atoms with E-state index in [1.54, 1.807) is 6.92 Å². The Morgan fingerprint density at radius 1 is 1.22 bits per heavy atom. The van der Waals surface area contributed by atoms with Crippen LogP contribution in [0.4, 0.5) is 0 Å². The lowest BCUT2D eigenvalue weighted by Crippen LogP contribution is -3.15. The Balaban J connectivity index is 1.87. The highest BCUT2D eigenvalue weighted by molar-refractivity contribution is 5.90. The number of amides is 2. The van der Waals surface area contributed by atoms with Crippen molar-refractivity contribution in [3.8, 4) is 0 Å². The number of Topliss-reactive ketones (excluding diaryl/α,β-unsaturated/α-hetero) is 1. The monoisotopic (exact) mass is 252 g/mol. The van der Waals surface area contributed by atoms with Gasteiger partial charge in [0.1, 0.15) is 5.78 Å². The highest BCUT2D eigenvalue weighted by Gasteiger charge is 2.43. The smallest absolute Gasteiger partial charge is 0.300 e. The third kappa shape index (κ3) is 2.69. The van der Waals surface area contributed by atoms with E-state index >= 15 is 0 Å². The van der Waals surface area contributed by atoms with Crippen LogP contribution in [-0.2, 0) is 14.4 Å². The van der Waals surface area contributed by atoms with Crippen LogP contribution in [0.25, 0.3) is 0 Å². The predicted octanol–water partition coefficient (Wildman–Crippen LogP) is 0.360. The first-order chi connectivity index (χ1) is 8.49.